The summed E-state index contributed by atoms with van der Waals surface area (Å²) in [5.74, 6) is 0.308. The number of hydrogen-bond acceptors (Lipinski definition) is 3. The molecule has 0 unspecified atom stereocenters. The molecule has 37 heavy (non-hydrogen) atoms. The molecule has 5 nitrogen and oxygen atoms in total. The van der Waals surface area contributed by atoms with E-state index in [1.807, 2.05) is 41.4 Å². The zero-order valence-corrected chi connectivity index (χ0v) is 24.3. The third kappa shape index (κ3) is 5.94. The van der Waals surface area contributed by atoms with Crippen molar-refractivity contribution in [3.8, 4) is 0 Å². The third-order valence-electron chi connectivity index (χ3n) is 7.54. The van der Waals surface area contributed by atoms with Gasteiger partial charge in [-0.05, 0) is 93.5 Å². The quantitative estimate of drug-likeness (QED) is 0.370. The molecule has 1 aliphatic heterocycles. The number of piperidine rings is 1. The van der Waals surface area contributed by atoms with Crippen LogP contribution in [0.25, 0.3) is 0 Å². The second kappa shape index (κ2) is 11.3. The highest BCUT2D eigenvalue weighted by Gasteiger charge is 2.36. The zero-order valence-electron chi connectivity index (χ0n) is 20.4. The topological polar surface area (TPSA) is 76.3 Å². The van der Waals surface area contributed by atoms with Gasteiger partial charge in [0.15, 0.2) is 0 Å². The number of aryl methyl sites for hydroxylation is 2. The number of fused-ring (bicyclic) bond motifs is 2. The van der Waals surface area contributed by atoms with Gasteiger partial charge in [-0.15, -0.1) is 0 Å². The smallest absolute Gasteiger partial charge is 0.226 e. The maximum absolute atomic E-state index is 13.1. The largest absolute Gasteiger partial charge is 0.369 e. The van der Waals surface area contributed by atoms with Crippen molar-refractivity contribution in [3.63, 3.8) is 0 Å². The predicted molar refractivity (Wildman–Crippen MR) is 153 cm³/mol. The van der Waals surface area contributed by atoms with Gasteiger partial charge in [0.1, 0.15) is 0 Å². The fourth-order valence-corrected chi connectivity index (χ4v) is 7.27. The van der Waals surface area contributed by atoms with Crippen molar-refractivity contribution in [1.29, 1.82) is 0 Å². The van der Waals surface area contributed by atoms with E-state index in [2.05, 4.69) is 44.0 Å². The number of carbonyl (C=O) groups is 2. The van der Waals surface area contributed by atoms with Crippen LogP contribution in [0.15, 0.2) is 57.6 Å². The van der Waals surface area contributed by atoms with E-state index in [1.54, 1.807) is 0 Å². The molecule has 1 saturated heterocycles. The summed E-state index contributed by atoms with van der Waals surface area (Å²) in [6.07, 6.45) is 6.14. The molecular weight excluding hydrogens is 618 g/mol. The summed E-state index contributed by atoms with van der Waals surface area (Å²) < 4.78 is 2.03. The molecule has 2 heterocycles. The van der Waals surface area contributed by atoms with Gasteiger partial charge in [-0.3, -0.25) is 14.6 Å². The normalized spacial score (nSPS) is 17.6. The van der Waals surface area contributed by atoms with Crippen LogP contribution >= 0.6 is 43.5 Å². The second-order valence-corrected chi connectivity index (χ2v) is 12.2. The third-order valence-corrected chi connectivity index (χ3v) is 8.85. The number of nitrogens with two attached hydrogens (primary N) is 1. The number of primary amides is 1. The van der Waals surface area contributed by atoms with Gasteiger partial charge in [0.25, 0.3) is 0 Å². The monoisotopic (exact) mass is 643 g/mol. The maximum Gasteiger partial charge on any atom is 0.226 e. The second-order valence-electron chi connectivity index (χ2n) is 9.99. The zero-order chi connectivity index (χ0) is 26.1. The number of nitrogens with zero attached hydrogens (tertiary/aromatic N) is 2. The first kappa shape index (κ1) is 26.4. The van der Waals surface area contributed by atoms with E-state index in [9.17, 15) is 9.59 Å². The highest BCUT2D eigenvalue weighted by Crippen LogP contribution is 2.46. The Balaban J connectivity index is 1.33. The number of carbonyl (C=O) groups excluding carboxylic acids is 2. The van der Waals surface area contributed by atoms with Crippen LogP contribution in [0.3, 0.4) is 0 Å². The molecule has 3 aromatic rings. The molecule has 8 heteroatoms. The molecule has 1 aliphatic carbocycles. The average Bonchev–Trinajstić information content (AvgIpc) is 3.02. The molecule has 2 amide bonds. The Hall–Kier alpha value is -2.22. The van der Waals surface area contributed by atoms with Gasteiger partial charge in [0.05, 0.1) is 18.5 Å². The van der Waals surface area contributed by atoms with Gasteiger partial charge in [-0.25, -0.2) is 0 Å². The molecule has 0 spiro atoms. The van der Waals surface area contributed by atoms with Crippen LogP contribution in [0.4, 0.5) is 0 Å². The van der Waals surface area contributed by atoms with Gasteiger partial charge >= 0.3 is 0 Å². The highest BCUT2D eigenvalue weighted by molar-refractivity contribution is 9.10. The fourth-order valence-electron chi connectivity index (χ4n) is 5.78. The fraction of sp³-hybridized carbons (Fsp3) is 0.345. The molecular formula is C29H28Br2ClN3O2. The van der Waals surface area contributed by atoms with Gasteiger partial charge in [-0.1, -0.05) is 51.8 Å². The van der Waals surface area contributed by atoms with Gasteiger partial charge in [0.2, 0.25) is 11.8 Å². The number of aromatic nitrogens is 1. The minimum atomic E-state index is -0.358. The summed E-state index contributed by atoms with van der Waals surface area (Å²) in [6.45, 7) is 1.46. The lowest BCUT2D eigenvalue weighted by atomic mass is 9.76. The molecule has 2 aromatic carbocycles. The summed E-state index contributed by atoms with van der Waals surface area (Å²) in [4.78, 5) is 31.1. The van der Waals surface area contributed by atoms with Crippen molar-refractivity contribution >= 4 is 55.3 Å². The first-order valence-corrected chi connectivity index (χ1v) is 14.5. The van der Waals surface area contributed by atoms with E-state index in [4.69, 9.17) is 22.3 Å². The van der Waals surface area contributed by atoms with Crippen molar-refractivity contribution in [2.75, 3.05) is 13.1 Å². The molecule has 2 aliphatic rings. The van der Waals surface area contributed by atoms with E-state index in [1.165, 1.54) is 16.7 Å². The van der Waals surface area contributed by atoms with E-state index >= 15 is 0 Å². The molecule has 0 bridgehead atoms. The lowest BCUT2D eigenvalue weighted by Gasteiger charge is -2.37. The SMILES string of the molecule is NC(=O)Cc1ccc(CC(=O)N2CCC([C@H]3c4ncc(Br)cc4CCc4cc(Cl)cc(Br)c43)CC2)cc1. The van der Waals surface area contributed by atoms with Crippen LogP contribution in [0, 0.1) is 5.92 Å². The van der Waals surface area contributed by atoms with Gasteiger partial charge in [-0.2, -0.15) is 0 Å². The van der Waals surface area contributed by atoms with E-state index in [0.29, 0.717) is 12.3 Å². The summed E-state index contributed by atoms with van der Waals surface area (Å²) in [7, 11) is 0. The molecule has 0 saturated carbocycles. The van der Waals surface area contributed by atoms with Crippen LogP contribution in [0.2, 0.25) is 5.02 Å². The minimum absolute atomic E-state index is 0.137. The van der Waals surface area contributed by atoms with E-state index in [-0.39, 0.29) is 24.2 Å². The van der Waals surface area contributed by atoms with E-state index in [0.717, 1.165) is 69.6 Å². The number of likely N-dealkylation sites (tertiary alicyclic amines) is 1. The Morgan fingerprint density at radius 3 is 2.30 bits per heavy atom. The average molecular weight is 646 g/mol. The Kier molecular flexibility index (Phi) is 8.03. The van der Waals surface area contributed by atoms with Gasteiger partial charge < -0.3 is 10.6 Å². The van der Waals surface area contributed by atoms with Crippen LogP contribution in [0.5, 0.6) is 0 Å². The van der Waals surface area contributed by atoms with Crippen molar-refractivity contribution in [3.05, 3.63) is 96.1 Å². The Morgan fingerprint density at radius 1 is 0.973 bits per heavy atom. The molecule has 192 valence electrons. The van der Waals surface area contributed by atoms with E-state index < -0.39 is 0 Å². The van der Waals surface area contributed by atoms with Crippen molar-refractivity contribution in [1.82, 2.24) is 9.88 Å². The Bertz CT molecular complexity index is 1340. The van der Waals surface area contributed by atoms with Crippen molar-refractivity contribution in [2.24, 2.45) is 11.7 Å². The lowest BCUT2D eigenvalue weighted by Crippen LogP contribution is -2.40. The number of halogens is 3. The van der Waals surface area contributed by atoms with Crippen LogP contribution < -0.4 is 5.73 Å². The molecule has 1 fully saturated rings. The van der Waals surface area contributed by atoms with Crippen LogP contribution in [-0.2, 0) is 35.3 Å². The standard InChI is InChI=1S/C29H28Br2ClN3O2/c30-22-13-21-6-5-20-14-23(32)15-24(31)27(20)28(29(21)34-16-22)19-7-9-35(10-8-19)26(37)12-18-3-1-17(2-4-18)11-25(33)36/h1-4,13-16,19,28H,5-12H2,(H2,33,36)/t28-/m1/s1. The number of rotatable bonds is 5. The van der Waals surface area contributed by atoms with Crippen molar-refractivity contribution < 1.29 is 9.59 Å². The lowest BCUT2D eigenvalue weighted by molar-refractivity contribution is -0.132. The Labute approximate surface area is 239 Å². The number of benzene rings is 2. The van der Waals surface area contributed by atoms with Crippen molar-refractivity contribution in [2.45, 2.75) is 44.4 Å². The predicted octanol–water partition coefficient (Wildman–Crippen LogP) is 6.00. The first-order valence-electron chi connectivity index (χ1n) is 12.5. The molecule has 1 atom stereocenters. The molecule has 1 aromatic heterocycles. The first-order chi connectivity index (χ1) is 17.8. The maximum atomic E-state index is 13.1. The molecule has 2 N–H and O–H groups in total. The number of amides is 2. The number of pyridine rings is 1. The highest BCUT2D eigenvalue weighted by atomic mass is 79.9. The summed E-state index contributed by atoms with van der Waals surface area (Å²) in [5.41, 5.74) is 12.1. The van der Waals surface area contributed by atoms with Gasteiger partial charge in [0, 0.05) is 39.2 Å². The Morgan fingerprint density at radius 2 is 1.62 bits per heavy atom. The summed E-state index contributed by atoms with van der Waals surface area (Å²) >= 11 is 13.9. The summed E-state index contributed by atoms with van der Waals surface area (Å²) in [5, 5.41) is 0.743. The van der Waals surface area contributed by atoms with Crippen LogP contribution in [0.1, 0.15) is 52.3 Å². The van der Waals surface area contributed by atoms with Crippen LogP contribution in [-0.4, -0.2) is 34.8 Å². The number of hydrogen-bond donors (Lipinski definition) is 1. The summed E-state index contributed by atoms with van der Waals surface area (Å²) in [6, 6.07) is 13.9. The molecule has 0 radical (unpaired) electrons. The molecule has 5 rings (SSSR count). The minimum Gasteiger partial charge on any atom is -0.369 e.